The number of ether oxygens (including phenoxy) is 2. The van der Waals surface area contributed by atoms with E-state index in [2.05, 4.69) is 4.74 Å². The van der Waals surface area contributed by atoms with Crippen LogP contribution in [0.4, 0.5) is 0 Å². The van der Waals surface area contributed by atoms with Gasteiger partial charge in [-0.05, 0) is 11.1 Å². The Morgan fingerprint density at radius 2 is 1.93 bits per heavy atom. The molecular weight excluding hydrogens is 194 g/mol. The maximum Gasteiger partial charge on any atom is 0.327 e. The Labute approximate surface area is 89.0 Å². The van der Waals surface area contributed by atoms with Crippen LogP contribution in [0.1, 0.15) is 17.2 Å². The van der Waals surface area contributed by atoms with Crippen LogP contribution in [0.3, 0.4) is 0 Å². The molecule has 15 heavy (non-hydrogen) atoms. The standard InChI is InChI=1S/C11H15NO3/c1-14-7-8-3-5-9(6-4-8)10(12)11(13)15-2/h3-6,10H,7,12H2,1-2H3. The number of esters is 1. The van der Waals surface area contributed by atoms with E-state index in [9.17, 15) is 4.79 Å². The highest BCUT2D eigenvalue weighted by Gasteiger charge is 2.15. The first-order valence-electron chi connectivity index (χ1n) is 4.60. The Morgan fingerprint density at radius 3 is 2.40 bits per heavy atom. The molecule has 0 saturated heterocycles. The zero-order valence-electron chi connectivity index (χ0n) is 8.90. The van der Waals surface area contributed by atoms with Crippen molar-refractivity contribution >= 4 is 5.97 Å². The number of carbonyl (C=O) groups is 1. The van der Waals surface area contributed by atoms with Crippen LogP contribution in [0.15, 0.2) is 24.3 Å². The third kappa shape index (κ3) is 3.04. The Kier molecular flexibility index (Phi) is 4.27. The summed E-state index contributed by atoms with van der Waals surface area (Å²) in [6, 6.07) is 6.64. The van der Waals surface area contributed by atoms with Crippen LogP contribution in [0.2, 0.25) is 0 Å². The summed E-state index contributed by atoms with van der Waals surface area (Å²) in [5.74, 6) is -0.436. The van der Waals surface area contributed by atoms with Crippen molar-refractivity contribution in [2.24, 2.45) is 5.73 Å². The molecule has 0 saturated carbocycles. The van der Waals surface area contributed by atoms with Gasteiger partial charge in [-0.15, -0.1) is 0 Å². The highest BCUT2D eigenvalue weighted by atomic mass is 16.5. The van der Waals surface area contributed by atoms with Crippen molar-refractivity contribution in [2.75, 3.05) is 14.2 Å². The fourth-order valence-electron chi connectivity index (χ4n) is 1.25. The average molecular weight is 209 g/mol. The van der Waals surface area contributed by atoms with E-state index < -0.39 is 12.0 Å². The molecular formula is C11H15NO3. The Morgan fingerprint density at radius 1 is 1.33 bits per heavy atom. The summed E-state index contributed by atoms with van der Waals surface area (Å²) < 4.78 is 9.53. The van der Waals surface area contributed by atoms with Crippen molar-refractivity contribution < 1.29 is 14.3 Å². The van der Waals surface area contributed by atoms with E-state index in [0.29, 0.717) is 6.61 Å². The predicted octanol–water partition coefficient (Wildman–Crippen LogP) is 1.01. The number of benzene rings is 1. The summed E-state index contributed by atoms with van der Waals surface area (Å²) in [4.78, 5) is 11.2. The summed E-state index contributed by atoms with van der Waals surface area (Å²) in [5.41, 5.74) is 7.45. The van der Waals surface area contributed by atoms with E-state index in [-0.39, 0.29) is 0 Å². The van der Waals surface area contributed by atoms with Gasteiger partial charge in [0.05, 0.1) is 13.7 Å². The van der Waals surface area contributed by atoms with Gasteiger partial charge in [0.25, 0.3) is 0 Å². The number of methoxy groups -OCH3 is 2. The number of hydrogen-bond donors (Lipinski definition) is 1. The Hall–Kier alpha value is -1.39. The second-order valence-electron chi connectivity index (χ2n) is 3.18. The van der Waals surface area contributed by atoms with E-state index in [1.165, 1.54) is 7.11 Å². The van der Waals surface area contributed by atoms with Crippen molar-refractivity contribution in [3.05, 3.63) is 35.4 Å². The molecule has 4 nitrogen and oxygen atoms in total. The van der Waals surface area contributed by atoms with Gasteiger partial charge in [0.2, 0.25) is 0 Å². The van der Waals surface area contributed by atoms with E-state index in [0.717, 1.165) is 11.1 Å². The maximum absolute atomic E-state index is 11.2. The van der Waals surface area contributed by atoms with Crippen LogP contribution in [-0.4, -0.2) is 20.2 Å². The quantitative estimate of drug-likeness (QED) is 0.752. The normalized spacial score (nSPS) is 12.2. The van der Waals surface area contributed by atoms with Crippen LogP contribution < -0.4 is 5.73 Å². The number of carbonyl (C=O) groups excluding carboxylic acids is 1. The van der Waals surface area contributed by atoms with E-state index in [4.69, 9.17) is 10.5 Å². The van der Waals surface area contributed by atoms with Gasteiger partial charge in [-0.25, -0.2) is 0 Å². The third-order valence-electron chi connectivity index (χ3n) is 2.10. The summed E-state index contributed by atoms with van der Waals surface area (Å²) >= 11 is 0. The molecule has 0 aliphatic carbocycles. The molecule has 1 aromatic carbocycles. The van der Waals surface area contributed by atoms with Crippen LogP contribution >= 0.6 is 0 Å². The highest BCUT2D eigenvalue weighted by Crippen LogP contribution is 2.13. The van der Waals surface area contributed by atoms with E-state index in [1.54, 1.807) is 19.2 Å². The molecule has 0 fully saturated rings. The minimum absolute atomic E-state index is 0.436. The first-order valence-corrected chi connectivity index (χ1v) is 4.60. The molecule has 0 radical (unpaired) electrons. The lowest BCUT2D eigenvalue weighted by Gasteiger charge is -2.09. The smallest absolute Gasteiger partial charge is 0.327 e. The van der Waals surface area contributed by atoms with Crippen LogP contribution in [0.25, 0.3) is 0 Å². The molecule has 0 aliphatic heterocycles. The summed E-state index contributed by atoms with van der Waals surface area (Å²) in [5, 5.41) is 0. The van der Waals surface area contributed by atoms with Crippen molar-refractivity contribution in [3.63, 3.8) is 0 Å². The SMILES string of the molecule is COCc1ccc(C(N)C(=O)OC)cc1. The van der Waals surface area contributed by atoms with Crippen molar-refractivity contribution in [3.8, 4) is 0 Å². The monoisotopic (exact) mass is 209 g/mol. The summed E-state index contributed by atoms with van der Waals surface area (Å²) in [6.07, 6.45) is 0. The molecule has 1 aromatic rings. The molecule has 0 heterocycles. The highest BCUT2D eigenvalue weighted by molar-refractivity contribution is 5.77. The fraction of sp³-hybridized carbons (Fsp3) is 0.364. The Balaban J connectivity index is 2.75. The van der Waals surface area contributed by atoms with Gasteiger partial charge in [-0.3, -0.25) is 4.79 Å². The van der Waals surface area contributed by atoms with Gasteiger partial charge in [0.1, 0.15) is 6.04 Å². The summed E-state index contributed by atoms with van der Waals surface area (Å²) in [7, 11) is 2.95. The van der Waals surface area contributed by atoms with Crippen LogP contribution in [0, 0.1) is 0 Å². The summed E-state index contributed by atoms with van der Waals surface area (Å²) in [6.45, 7) is 0.549. The van der Waals surface area contributed by atoms with Crippen LogP contribution in [0.5, 0.6) is 0 Å². The second-order valence-corrected chi connectivity index (χ2v) is 3.18. The first-order chi connectivity index (χ1) is 7.19. The number of nitrogens with two attached hydrogens (primary N) is 1. The molecule has 0 spiro atoms. The van der Waals surface area contributed by atoms with Gasteiger partial charge >= 0.3 is 5.97 Å². The molecule has 0 aliphatic rings. The van der Waals surface area contributed by atoms with Gasteiger partial charge in [-0.2, -0.15) is 0 Å². The molecule has 1 rings (SSSR count). The van der Waals surface area contributed by atoms with Crippen LogP contribution in [-0.2, 0) is 20.9 Å². The molecule has 0 amide bonds. The largest absolute Gasteiger partial charge is 0.468 e. The van der Waals surface area contributed by atoms with Crippen molar-refractivity contribution in [2.45, 2.75) is 12.6 Å². The zero-order chi connectivity index (χ0) is 11.3. The van der Waals surface area contributed by atoms with Crippen molar-refractivity contribution in [1.29, 1.82) is 0 Å². The molecule has 0 aromatic heterocycles. The van der Waals surface area contributed by atoms with Gasteiger partial charge < -0.3 is 15.2 Å². The molecule has 4 heteroatoms. The number of hydrogen-bond acceptors (Lipinski definition) is 4. The Bertz CT molecular complexity index is 321. The molecule has 82 valence electrons. The molecule has 1 atom stereocenters. The third-order valence-corrected chi connectivity index (χ3v) is 2.10. The lowest BCUT2D eigenvalue weighted by molar-refractivity contribution is -0.142. The minimum Gasteiger partial charge on any atom is -0.468 e. The molecule has 2 N–H and O–H groups in total. The van der Waals surface area contributed by atoms with Gasteiger partial charge in [0.15, 0.2) is 0 Å². The zero-order valence-corrected chi connectivity index (χ0v) is 8.90. The predicted molar refractivity (Wildman–Crippen MR) is 56.1 cm³/mol. The van der Waals surface area contributed by atoms with Gasteiger partial charge in [-0.1, -0.05) is 24.3 Å². The second kappa shape index (κ2) is 5.48. The average Bonchev–Trinajstić information content (AvgIpc) is 2.28. The first kappa shape index (κ1) is 11.7. The maximum atomic E-state index is 11.2. The number of rotatable bonds is 4. The van der Waals surface area contributed by atoms with Crippen molar-refractivity contribution in [1.82, 2.24) is 0 Å². The lowest BCUT2D eigenvalue weighted by Crippen LogP contribution is -2.22. The fourth-order valence-corrected chi connectivity index (χ4v) is 1.25. The van der Waals surface area contributed by atoms with E-state index >= 15 is 0 Å². The van der Waals surface area contributed by atoms with E-state index in [1.807, 2.05) is 12.1 Å². The lowest BCUT2D eigenvalue weighted by atomic mass is 10.1. The molecule has 0 bridgehead atoms. The topological polar surface area (TPSA) is 61.5 Å². The van der Waals surface area contributed by atoms with Gasteiger partial charge in [0, 0.05) is 7.11 Å². The minimum atomic E-state index is -0.716. The molecule has 1 unspecified atom stereocenters.